The topological polar surface area (TPSA) is 43.1 Å². The molecule has 0 aromatic heterocycles. The third-order valence-electron chi connectivity index (χ3n) is 4.42. The van der Waals surface area contributed by atoms with E-state index >= 15 is 0 Å². The number of hydrogen-bond acceptors (Lipinski definition) is 2. The largest absolute Gasteiger partial charge is 0.399 e. The third kappa shape index (κ3) is 2.01. The normalized spacial score (nSPS) is 15.9. The number of nitrogen functional groups attached to an aromatic ring is 1. The van der Waals surface area contributed by atoms with E-state index in [-0.39, 0.29) is 11.2 Å². The highest BCUT2D eigenvalue weighted by atomic mass is 16.1. The van der Waals surface area contributed by atoms with Gasteiger partial charge in [-0.25, -0.2) is 0 Å². The number of carbonyl (C=O) groups is 1. The van der Waals surface area contributed by atoms with Gasteiger partial charge in [0, 0.05) is 11.3 Å². The Morgan fingerprint density at radius 1 is 1.00 bits per heavy atom. The van der Waals surface area contributed by atoms with Crippen molar-refractivity contribution >= 4 is 11.5 Å². The van der Waals surface area contributed by atoms with Crippen LogP contribution in [0.4, 0.5) is 5.69 Å². The SMILES string of the molecule is Cc1ccc(C(=O)C2(c3ccc(N)cc3)CC2)cc1C. The number of rotatable bonds is 3. The van der Waals surface area contributed by atoms with Crippen LogP contribution < -0.4 is 5.73 Å². The van der Waals surface area contributed by atoms with Crippen LogP contribution in [0.25, 0.3) is 0 Å². The Hall–Kier alpha value is -2.09. The number of anilines is 1. The van der Waals surface area contributed by atoms with Crippen LogP contribution in [-0.4, -0.2) is 5.78 Å². The lowest BCUT2D eigenvalue weighted by Crippen LogP contribution is -2.20. The zero-order valence-corrected chi connectivity index (χ0v) is 11.9. The van der Waals surface area contributed by atoms with E-state index in [2.05, 4.69) is 13.8 Å². The molecular formula is C18H19NO. The fourth-order valence-corrected chi connectivity index (χ4v) is 2.73. The smallest absolute Gasteiger partial charge is 0.173 e. The molecule has 0 unspecified atom stereocenters. The molecule has 0 radical (unpaired) electrons. The monoisotopic (exact) mass is 265 g/mol. The lowest BCUT2D eigenvalue weighted by Gasteiger charge is -2.15. The zero-order chi connectivity index (χ0) is 14.3. The molecule has 20 heavy (non-hydrogen) atoms. The summed E-state index contributed by atoms with van der Waals surface area (Å²) in [6, 6.07) is 13.7. The van der Waals surface area contributed by atoms with Gasteiger partial charge in [-0.3, -0.25) is 4.79 Å². The molecule has 2 aromatic carbocycles. The first kappa shape index (κ1) is 12.9. The standard InChI is InChI=1S/C18H19NO/c1-12-3-4-14(11-13(12)2)17(20)18(9-10-18)15-5-7-16(19)8-6-15/h3-8,11H,9-10,19H2,1-2H3. The van der Waals surface area contributed by atoms with E-state index in [1.165, 1.54) is 11.1 Å². The molecule has 2 heteroatoms. The molecule has 0 saturated heterocycles. The zero-order valence-electron chi connectivity index (χ0n) is 11.9. The van der Waals surface area contributed by atoms with Crippen molar-refractivity contribution in [3.05, 3.63) is 64.7 Å². The molecule has 102 valence electrons. The highest BCUT2D eigenvalue weighted by molar-refractivity contribution is 6.06. The van der Waals surface area contributed by atoms with Crippen LogP contribution in [0.3, 0.4) is 0 Å². The quantitative estimate of drug-likeness (QED) is 0.677. The van der Waals surface area contributed by atoms with Gasteiger partial charge >= 0.3 is 0 Å². The van der Waals surface area contributed by atoms with E-state index in [9.17, 15) is 4.79 Å². The van der Waals surface area contributed by atoms with Gasteiger partial charge in [0.25, 0.3) is 0 Å². The Morgan fingerprint density at radius 3 is 2.20 bits per heavy atom. The molecule has 0 amide bonds. The molecule has 0 spiro atoms. The van der Waals surface area contributed by atoms with Crippen LogP contribution in [-0.2, 0) is 5.41 Å². The fourth-order valence-electron chi connectivity index (χ4n) is 2.73. The molecule has 1 aliphatic carbocycles. The maximum absolute atomic E-state index is 12.8. The Kier molecular flexibility index (Phi) is 2.89. The summed E-state index contributed by atoms with van der Waals surface area (Å²) in [5.74, 6) is 0.241. The molecule has 0 heterocycles. The van der Waals surface area contributed by atoms with Gasteiger partial charge in [-0.15, -0.1) is 0 Å². The second kappa shape index (κ2) is 4.48. The molecule has 1 saturated carbocycles. The fraction of sp³-hybridized carbons (Fsp3) is 0.278. The van der Waals surface area contributed by atoms with E-state index in [0.717, 1.165) is 29.7 Å². The van der Waals surface area contributed by atoms with E-state index < -0.39 is 0 Å². The summed E-state index contributed by atoms with van der Waals surface area (Å²) in [7, 11) is 0. The minimum atomic E-state index is -0.310. The first-order valence-corrected chi connectivity index (χ1v) is 7.01. The van der Waals surface area contributed by atoms with Gasteiger partial charge in [0.15, 0.2) is 5.78 Å². The first-order valence-electron chi connectivity index (χ1n) is 7.01. The van der Waals surface area contributed by atoms with Crippen molar-refractivity contribution in [3.63, 3.8) is 0 Å². The molecule has 0 bridgehead atoms. The number of nitrogens with two attached hydrogens (primary N) is 1. The average Bonchev–Trinajstić information content (AvgIpc) is 3.23. The number of hydrogen-bond donors (Lipinski definition) is 1. The summed E-state index contributed by atoms with van der Waals surface area (Å²) in [4.78, 5) is 12.8. The lowest BCUT2D eigenvalue weighted by atomic mass is 9.86. The Labute approximate surface area is 119 Å². The Morgan fingerprint density at radius 2 is 1.65 bits per heavy atom. The van der Waals surface area contributed by atoms with Gasteiger partial charge < -0.3 is 5.73 Å². The molecule has 0 aliphatic heterocycles. The molecule has 2 aromatic rings. The van der Waals surface area contributed by atoms with Crippen LogP contribution in [0.5, 0.6) is 0 Å². The Balaban J connectivity index is 1.97. The average molecular weight is 265 g/mol. The lowest BCUT2D eigenvalue weighted by molar-refractivity contribution is 0.0946. The third-order valence-corrected chi connectivity index (χ3v) is 4.42. The van der Waals surface area contributed by atoms with Crippen molar-refractivity contribution in [3.8, 4) is 0 Å². The van der Waals surface area contributed by atoms with Crippen molar-refractivity contribution in [2.24, 2.45) is 0 Å². The molecule has 1 aliphatic rings. The number of ketones is 1. The van der Waals surface area contributed by atoms with Crippen molar-refractivity contribution in [2.75, 3.05) is 5.73 Å². The minimum absolute atomic E-state index is 0.241. The highest BCUT2D eigenvalue weighted by Crippen LogP contribution is 2.50. The van der Waals surface area contributed by atoms with Crippen LogP contribution >= 0.6 is 0 Å². The van der Waals surface area contributed by atoms with Crippen LogP contribution in [0, 0.1) is 13.8 Å². The highest BCUT2D eigenvalue weighted by Gasteiger charge is 2.51. The van der Waals surface area contributed by atoms with Crippen molar-refractivity contribution in [2.45, 2.75) is 32.1 Å². The number of aryl methyl sites for hydroxylation is 2. The van der Waals surface area contributed by atoms with Crippen LogP contribution in [0.2, 0.25) is 0 Å². The first-order chi connectivity index (χ1) is 9.53. The molecule has 1 fully saturated rings. The summed E-state index contributed by atoms with van der Waals surface area (Å²) in [6.45, 7) is 4.12. The Bertz CT molecular complexity index is 666. The number of Topliss-reactive ketones (excluding diaryl/α,β-unsaturated/α-hetero) is 1. The van der Waals surface area contributed by atoms with Crippen molar-refractivity contribution < 1.29 is 4.79 Å². The van der Waals surface area contributed by atoms with E-state index in [0.29, 0.717) is 0 Å². The second-order valence-corrected chi connectivity index (χ2v) is 5.83. The molecular weight excluding hydrogens is 246 g/mol. The van der Waals surface area contributed by atoms with Gasteiger partial charge in [0.1, 0.15) is 0 Å². The van der Waals surface area contributed by atoms with Crippen molar-refractivity contribution in [1.82, 2.24) is 0 Å². The van der Waals surface area contributed by atoms with E-state index in [1.54, 1.807) is 0 Å². The van der Waals surface area contributed by atoms with E-state index in [1.807, 2.05) is 42.5 Å². The van der Waals surface area contributed by atoms with Gasteiger partial charge in [0.05, 0.1) is 5.41 Å². The predicted octanol–water partition coefficient (Wildman–Crippen LogP) is 3.80. The van der Waals surface area contributed by atoms with Gasteiger partial charge in [0.2, 0.25) is 0 Å². The summed E-state index contributed by atoms with van der Waals surface area (Å²) < 4.78 is 0. The molecule has 2 N–H and O–H groups in total. The van der Waals surface area contributed by atoms with E-state index in [4.69, 9.17) is 5.73 Å². The summed E-state index contributed by atoms with van der Waals surface area (Å²) in [6.07, 6.45) is 1.87. The minimum Gasteiger partial charge on any atom is -0.399 e. The molecule has 3 rings (SSSR count). The molecule has 2 nitrogen and oxygen atoms in total. The summed E-state index contributed by atoms with van der Waals surface area (Å²) >= 11 is 0. The second-order valence-electron chi connectivity index (χ2n) is 5.83. The van der Waals surface area contributed by atoms with Gasteiger partial charge in [-0.1, -0.05) is 24.3 Å². The number of benzene rings is 2. The molecule has 0 atom stereocenters. The maximum Gasteiger partial charge on any atom is 0.173 e. The predicted molar refractivity (Wildman–Crippen MR) is 82.0 cm³/mol. The number of carbonyl (C=O) groups excluding carboxylic acids is 1. The van der Waals surface area contributed by atoms with Crippen LogP contribution in [0.1, 0.15) is 39.9 Å². The maximum atomic E-state index is 12.8. The summed E-state index contributed by atoms with van der Waals surface area (Å²) in [5, 5.41) is 0. The van der Waals surface area contributed by atoms with Gasteiger partial charge in [-0.05, 0) is 61.6 Å². The van der Waals surface area contributed by atoms with Gasteiger partial charge in [-0.2, -0.15) is 0 Å². The van der Waals surface area contributed by atoms with Crippen LogP contribution in [0.15, 0.2) is 42.5 Å². The van der Waals surface area contributed by atoms with Crippen molar-refractivity contribution in [1.29, 1.82) is 0 Å². The summed E-state index contributed by atoms with van der Waals surface area (Å²) in [5.41, 5.74) is 10.5.